The van der Waals surface area contributed by atoms with Crippen molar-refractivity contribution in [2.45, 2.75) is 232 Å². The third-order valence-electron chi connectivity index (χ3n) is 25.7. The number of anilines is 4. The molecule has 5 aromatic heterocycles. The Morgan fingerprint density at radius 1 is 0.770 bits per heavy atom. The van der Waals surface area contributed by atoms with Gasteiger partial charge in [-0.25, -0.2) is 34.6 Å². The van der Waals surface area contributed by atoms with Crippen LogP contribution in [-0.2, 0) is 80.2 Å². The van der Waals surface area contributed by atoms with Crippen molar-refractivity contribution < 1.29 is 72.3 Å². The number of methoxy groups -OCH3 is 1. The summed E-state index contributed by atoms with van der Waals surface area (Å²) >= 11 is 0. The number of hydrogen-bond acceptors (Lipinski definition) is 28. The lowest BCUT2D eigenvalue weighted by Gasteiger charge is -2.38. The molecule has 33 heteroatoms. The Balaban J connectivity index is 0.527. The number of oxazole rings is 1. The molecule has 126 heavy (non-hydrogen) atoms. The number of ether oxygens (including phenoxy) is 4. The summed E-state index contributed by atoms with van der Waals surface area (Å²) in [6.07, 6.45) is 26.8. The van der Waals surface area contributed by atoms with Crippen LogP contribution in [0.25, 0.3) is 33.4 Å². The van der Waals surface area contributed by atoms with E-state index in [0.717, 1.165) is 122 Å². The molecule has 0 radical (unpaired) electrons. The molecule has 2 aromatic carbocycles. The molecule has 5 aliphatic heterocycles. The Morgan fingerprint density at radius 2 is 1.52 bits per heavy atom. The van der Waals surface area contributed by atoms with Crippen LogP contribution in [0.5, 0.6) is 0 Å². The van der Waals surface area contributed by atoms with E-state index in [1.54, 1.807) is 30.5 Å². The first-order valence-corrected chi connectivity index (χ1v) is 45.1. The Morgan fingerprint density at radius 3 is 2.29 bits per heavy atom. The number of nitrogen functional groups attached to an aromatic ring is 2. The Kier molecular flexibility index (Phi) is 32.6. The second kappa shape index (κ2) is 44.1. The predicted octanol–water partition coefficient (Wildman–Crippen LogP) is 10.2. The highest BCUT2D eigenvalue weighted by Gasteiger charge is 2.47. The normalized spacial score (nSPS) is 20.9. The fourth-order valence-electron chi connectivity index (χ4n) is 18.4. The van der Waals surface area contributed by atoms with E-state index in [1.165, 1.54) is 11.2 Å². The highest BCUT2D eigenvalue weighted by atomic mass is 16.6. The average molecular weight is 1740 g/mol. The summed E-state index contributed by atoms with van der Waals surface area (Å²) in [4.78, 5) is 126. The van der Waals surface area contributed by atoms with Crippen LogP contribution in [0.3, 0.4) is 0 Å². The number of Topliss-reactive ketones (excluding diaryl/α,β-unsaturated/α-hetero) is 1. The van der Waals surface area contributed by atoms with Crippen LogP contribution >= 0.6 is 0 Å². The third kappa shape index (κ3) is 24.7. The zero-order chi connectivity index (χ0) is 89.0. The molecule has 0 bridgehead atoms. The second-order valence-electron chi connectivity index (χ2n) is 35.4. The quantitative estimate of drug-likeness (QED) is 0.00395. The number of amides is 4. The fourth-order valence-corrected chi connectivity index (χ4v) is 18.4. The minimum atomic E-state index is -2.15. The van der Waals surface area contributed by atoms with Crippen LogP contribution in [-0.4, -0.2) is 238 Å². The molecule has 678 valence electrons. The number of allylic oxidation sites excluding steroid dienone is 4. The van der Waals surface area contributed by atoms with Crippen LogP contribution in [0.15, 0.2) is 106 Å². The number of aliphatic hydroxyl groups is 3. The summed E-state index contributed by atoms with van der Waals surface area (Å²) in [5.41, 5.74) is 23.2. The van der Waals surface area contributed by atoms with Gasteiger partial charge in [-0.2, -0.15) is 10.1 Å². The lowest BCUT2D eigenvalue weighted by Crippen LogP contribution is -2.55. The minimum Gasteiger partial charge on any atom is -0.465 e. The van der Waals surface area contributed by atoms with Crippen molar-refractivity contribution in [2.24, 2.45) is 34.7 Å². The maximum absolute atomic E-state index is 13.9. The number of rotatable bonds is 40. The van der Waals surface area contributed by atoms with E-state index in [9.17, 15) is 44.1 Å². The molecule has 1 aliphatic carbocycles. The van der Waals surface area contributed by atoms with Gasteiger partial charge in [0.25, 0.3) is 36.0 Å². The summed E-state index contributed by atoms with van der Waals surface area (Å²) in [7, 11) is 1.62. The van der Waals surface area contributed by atoms with Crippen LogP contribution in [0, 0.1) is 29.6 Å². The number of nitrogens with two attached hydrogens (primary N) is 2. The van der Waals surface area contributed by atoms with Gasteiger partial charge in [0.2, 0.25) is 23.6 Å². The number of carbonyl (C=O) groups excluding carboxylic acids is 6. The van der Waals surface area contributed by atoms with E-state index in [1.807, 2.05) is 53.9 Å². The number of fused-ring (bicyclic) bond motifs is 4. The maximum atomic E-state index is 13.9. The van der Waals surface area contributed by atoms with E-state index >= 15 is 0 Å². The first-order chi connectivity index (χ1) is 60.8. The Labute approximate surface area is 736 Å². The van der Waals surface area contributed by atoms with Gasteiger partial charge in [0.1, 0.15) is 29.5 Å². The summed E-state index contributed by atoms with van der Waals surface area (Å²) in [5.74, 6) is -1.98. The van der Waals surface area contributed by atoms with Crippen LogP contribution in [0.2, 0.25) is 0 Å². The summed E-state index contributed by atoms with van der Waals surface area (Å²) in [6.45, 7) is 18.9. The molecular formula is C93H126N18O15. The standard InChI is InChI=1S/C93H126N18O15/c1-59(13-11-14-62(4)80(121-7)48-74-15-12-31-93(120,126-74)85(117)89(119)106-33-9-8-10-34-106)43-61(3)45-63(5)76(49-78(114)64(6)44-60(2)16-25-73(123-58-112)26-20-65-18-23-72(113)24-19-65)105-124-56-81(115)96-32-42-122-41-30-82(116)109-36-29-75-71(55-109)52-99-92(103-75)108-39-37-107(38-40-108)91-97-50-70(51-98-91)88(118)110-35-28-67-46-66(17-21-69(67)54-110)53-111-87-83(86(94)100-57-101-87)84(104-111)68-22-27-79-77(47-68)102-90(95)125-79/h11,13-14,17,21-22,27,44,46-47,50-52,57-61,63,65,72-74,78,80,113-114,120H,8-10,12,15-16,18-20,23-26,28-43,45,48-49,53-56H2,1-7H3,(H2,95,102)(H,96,115)(H2,94,100,101)/b13-11+,62-14+,64-44+,105-76-/t59?,60-,61+,63+,65-,72-,73-,74?,78-,80-,93+/m0/s1. The molecule has 33 nitrogen and oxygen atoms in total. The van der Waals surface area contributed by atoms with E-state index < -0.39 is 35.6 Å². The number of piperazine rings is 1. The van der Waals surface area contributed by atoms with Crippen molar-refractivity contribution in [1.82, 2.24) is 64.7 Å². The van der Waals surface area contributed by atoms with Crippen LogP contribution < -0.4 is 26.6 Å². The zero-order valence-corrected chi connectivity index (χ0v) is 74.0. The first kappa shape index (κ1) is 92.9. The molecule has 0 spiro atoms. The monoisotopic (exact) mass is 1730 g/mol. The Hall–Kier alpha value is -10.7. The number of likely N-dealkylation sites (tertiary alicyclic amines) is 1. The molecule has 2 unspecified atom stereocenters. The number of carbonyl (C=O) groups is 6. The van der Waals surface area contributed by atoms with Gasteiger partial charge in [0.05, 0.1) is 73.0 Å². The highest BCUT2D eigenvalue weighted by molar-refractivity contribution is 6.38. The molecule has 10 heterocycles. The number of hydrogen-bond donors (Lipinski definition) is 6. The first-order valence-electron chi connectivity index (χ1n) is 45.1. The van der Waals surface area contributed by atoms with Gasteiger partial charge in [0.15, 0.2) is 17.8 Å². The van der Waals surface area contributed by atoms with Crippen molar-refractivity contribution in [1.29, 1.82) is 0 Å². The number of benzene rings is 2. The van der Waals surface area contributed by atoms with Gasteiger partial charge >= 0.3 is 0 Å². The molecular weight excluding hydrogens is 1610 g/mol. The van der Waals surface area contributed by atoms with Crippen LogP contribution in [0.1, 0.15) is 202 Å². The van der Waals surface area contributed by atoms with Gasteiger partial charge in [-0.1, -0.05) is 75.4 Å². The molecule has 13 rings (SSSR count). The lowest BCUT2D eigenvalue weighted by molar-refractivity contribution is -0.244. The van der Waals surface area contributed by atoms with Gasteiger partial charge in [0, 0.05) is 135 Å². The molecule has 8 N–H and O–H groups in total. The maximum Gasteiger partial charge on any atom is 0.295 e. The van der Waals surface area contributed by atoms with Crippen molar-refractivity contribution in [3.05, 3.63) is 130 Å². The molecule has 9 atom stereocenters. The largest absolute Gasteiger partial charge is 0.465 e. The van der Waals surface area contributed by atoms with E-state index in [4.69, 9.17) is 54.7 Å². The molecule has 3 saturated heterocycles. The molecule has 1 saturated carbocycles. The van der Waals surface area contributed by atoms with Gasteiger partial charge in [-0.05, 0) is 192 Å². The molecule has 4 fully saturated rings. The smallest absolute Gasteiger partial charge is 0.295 e. The van der Waals surface area contributed by atoms with Crippen molar-refractivity contribution >= 4 is 87.5 Å². The molecule has 7 aromatic rings. The fraction of sp³-hybridized carbons (Fsp3) is 0.581. The van der Waals surface area contributed by atoms with Gasteiger partial charge in [-0.15, -0.1) is 0 Å². The third-order valence-corrected chi connectivity index (χ3v) is 25.7. The number of nitrogens with one attached hydrogen (secondary N) is 1. The van der Waals surface area contributed by atoms with Gasteiger partial charge < -0.3 is 84.8 Å². The summed E-state index contributed by atoms with van der Waals surface area (Å²) in [5, 5.41) is 46.1. The molecule has 4 amide bonds. The lowest BCUT2D eigenvalue weighted by atomic mass is 9.83. The number of ketones is 1. The zero-order valence-electron chi connectivity index (χ0n) is 74.0. The predicted molar refractivity (Wildman–Crippen MR) is 476 cm³/mol. The van der Waals surface area contributed by atoms with Crippen molar-refractivity contribution in [3.8, 4) is 11.3 Å². The van der Waals surface area contributed by atoms with Crippen molar-refractivity contribution in [3.63, 3.8) is 0 Å². The molecule has 6 aliphatic rings. The summed E-state index contributed by atoms with van der Waals surface area (Å²) < 4.78 is 30.6. The van der Waals surface area contributed by atoms with Crippen molar-refractivity contribution in [2.75, 3.05) is 107 Å². The number of piperidine rings is 1. The number of aromatic nitrogens is 9. The van der Waals surface area contributed by atoms with Crippen LogP contribution in [0.4, 0.5) is 23.7 Å². The Bertz CT molecular complexity index is 5010. The van der Waals surface area contributed by atoms with Gasteiger partial charge in [-0.3, -0.25) is 28.8 Å². The SMILES string of the molecule is CO[C@@H](CC1CCC[C@](O)(C(=O)C(=O)N2CCCCC2)O1)/C(C)=C/C=C/C(C)C[C@@H](C)C[C@@H](C)/C(C[C@H](O)/C(C)=C/[C@@H](C)CC[C@@H](CC[C@H]1CC[C@H](O)CC1)OC=O)=N\OCC(=O)NCCOCCC(=O)N1CCc2nc(N3CCN(c4ncc(C(=O)N5CCc6cc(Cn7nc(-c8ccc9oc(N)nc9c8)c8c(N)ncnc87)ccc6C5)cn4)CC3)ncc2C1. The number of oxime groups is 1. The number of aliphatic hydroxyl groups excluding tert-OH is 2. The summed E-state index contributed by atoms with van der Waals surface area (Å²) in [6, 6.07) is 11.9. The van der Waals surface area contributed by atoms with E-state index in [2.05, 4.69) is 103 Å². The number of nitrogens with zero attached hydrogens (tertiary/aromatic N) is 15. The second-order valence-corrected chi connectivity index (χ2v) is 35.4. The van der Waals surface area contributed by atoms with E-state index in [-0.39, 0.29) is 105 Å². The topological polar surface area (TPSA) is 423 Å². The average Bonchev–Trinajstić information content (AvgIpc) is 1.61. The minimum absolute atomic E-state index is 0.0590. The van der Waals surface area contributed by atoms with E-state index in [0.29, 0.717) is 180 Å². The highest BCUT2D eigenvalue weighted by Crippen LogP contribution is 2.37.